The fourth-order valence-corrected chi connectivity index (χ4v) is 1.51. The van der Waals surface area contributed by atoms with Crippen LogP contribution in [0.1, 0.15) is 11.1 Å². The molecule has 0 saturated heterocycles. The molecule has 1 heterocycles. The normalized spacial score (nSPS) is 24.5. The second-order valence-corrected chi connectivity index (χ2v) is 3.69. The van der Waals surface area contributed by atoms with Gasteiger partial charge in [-0.3, -0.25) is 5.73 Å². The van der Waals surface area contributed by atoms with Crippen molar-refractivity contribution in [2.75, 3.05) is 0 Å². The minimum absolute atomic E-state index is 0.521. The van der Waals surface area contributed by atoms with Crippen LogP contribution in [0.2, 0.25) is 0 Å². The number of rotatable bonds is 1. The number of nitrogens with zero attached hydrogens (tertiary/aromatic N) is 1. The molecule has 1 aromatic rings. The van der Waals surface area contributed by atoms with E-state index in [-0.39, 0.29) is 0 Å². The predicted molar refractivity (Wildman–Crippen MR) is 60.9 cm³/mol. The molecule has 78 valence electrons. The molecule has 1 unspecified atom stereocenters. The predicted octanol–water partition coefficient (Wildman–Crippen LogP) is 0.538. The molecule has 2 rings (SSSR count). The number of nitrogens with two attached hydrogens (primary N) is 2. The van der Waals surface area contributed by atoms with E-state index >= 15 is 0 Å². The van der Waals surface area contributed by atoms with Gasteiger partial charge < -0.3 is 11.1 Å². The van der Waals surface area contributed by atoms with E-state index in [1.54, 1.807) is 6.08 Å². The van der Waals surface area contributed by atoms with Crippen molar-refractivity contribution < 1.29 is 0 Å². The minimum Gasteiger partial charge on any atom is -0.385 e. The topological polar surface area (TPSA) is 76.4 Å². The fraction of sp³-hybridized carbons (Fsp3) is 0.182. The molecule has 4 heteroatoms. The van der Waals surface area contributed by atoms with Crippen molar-refractivity contribution in [2.24, 2.45) is 16.5 Å². The quantitative estimate of drug-likeness (QED) is 0.622. The Morgan fingerprint density at radius 2 is 1.93 bits per heavy atom. The van der Waals surface area contributed by atoms with Gasteiger partial charge in [-0.1, -0.05) is 29.8 Å². The average Bonchev–Trinajstić information content (AvgIpc) is 2.18. The molecule has 15 heavy (non-hydrogen) atoms. The first-order valence-corrected chi connectivity index (χ1v) is 4.75. The third-order valence-electron chi connectivity index (χ3n) is 2.40. The van der Waals surface area contributed by atoms with Gasteiger partial charge in [-0.25, -0.2) is 4.99 Å². The van der Waals surface area contributed by atoms with E-state index in [0.29, 0.717) is 5.82 Å². The van der Waals surface area contributed by atoms with Gasteiger partial charge in [0.2, 0.25) is 0 Å². The summed E-state index contributed by atoms with van der Waals surface area (Å²) in [6.45, 7) is 2.03. The molecule has 0 radical (unpaired) electrons. The third kappa shape index (κ3) is 1.85. The lowest BCUT2D eigenvalue weighted by Gasteiger charge is -2.25. The van der Waals surface area contributed by atoms with Gasteiger partial charge in [-0.2, -0.15) is 0 Å². The highest BCUT2D eigenvalue weighted by atomic mass is 15.1. The molecule has 5 N–H and O–H groups in total. The van der Waals surface area contributed by atoms with Crippen LogP contribution in [-0.2, 0) is 5.66 Å². The zero-order valence-corrected chi connectivity index (χ0v) is 8.57. The highest BCUT2D eigenvalue weighted by Gasteiger charge is 2.25. The molecule has 0 amide bonds. The molecule has 4 nitrogen and oxygen atoms in total. The van der Waals surface area contributed by atoms with Crippen LogP contribution in [0.3, 0.4) is 0 Å². The van der Waals surface area contributed by atoms with Crippen LogP contribution in [0.5, 0.6) is 0 Å². The molecule has 0 aromatic heterocycles. The van der Waals surface area contributed by atoms with Gasteiger partial charge in [-0.05, 0) is 12.5 Å². The summed E-state index contributed by atoms with van der Waals surface area (Å²) in [5.41, 5.74) is 13.1. The fourth-order valence-electron chi connectivity index (χ4n) is 1.51. The van der Waals surface area contributed by atoms with Gasteiger partial charge in [0.15, 0.2) is 5.66 Å². The van der Waals surface area contributed by atoms with Crippen LogP contribution < -0.4 is 16.8 Å². The molecular formula is C11H14N4. The summed E-state index contributed by atoms with van der Waals surface area (Å²) in [4.78, 5) is 4.20. The molecule has 0 aliphatic carbocycles. The largest absolute Gasteiger partial charge is 0.385 e. The van der Waals surface area contributed by atoms with Crippen LogP contribution in [0, 0.1) is 6.92 Å². The van der Waals surface area contributed by atoms with E-state index in [4.69, 9.17) is 11.5 Å². The number of nitrogens with one attached hydrogen (secondary N) is 1. The van der Waals surface area contributed by atoms with E-state index in [1.807, 2.05) is 31.2 Å². The number of hydrogen-bond donors (Lipinski definition) is 3. The van der Waals surface area contributed by atoms with Gasteiger partial charge in [0.05, 0.1) is 6.34 Å². The van der Waals surface area contributed by atoms with Gasteiger partial charge in [0, 0.05) is 6.08 Å². The first-order chi connectivity index (χ1) is 7.10. The summed E-state index contributed by atoms with van der Waals surface area (Å²) < 4.78 is 0. The van der Waals surface area contributed by atoms with Crippen molar-refractivity contribution in [2.45, 2.75) is 12.6 Å². The maximum absolute atomic E-state index is 6.13. The first-order valence-electron chi connectivity index (χ1n) is 4.75. The summed E-state index contributed by atoms with van der Waals surface area (Å²) in [5, 5.41) is 2.79. The van der Waals surface area contributed by atoms with Crippen LogP contribution in [0.25, 0.3) is 0 Å². The van der Waals surface area contributed by atoms with E-state index < -0.39 is 5.66 Å². The Kier molecular flexibility index (Phi) is 2.21. The van der Waals surface area contributed by atoms with E-state index in [2.05, 4.69) is 10.3 Å². The monoisotopic (exact) mass is 202 g/mol. The molecule has 1 aromatic carbocycles. The van der Waals surface area contributed by atoms with Crippen molar-refractivity contribution in [1.82, 2.24) is 5.32 Å². The van der Waals surface area contributed by atoms with Gasteiger partial charge in [0.1, 0.15) is 5.82 Å². The smallest absolute Gasteiger partial charge is 0.158 e. The van der Waals surface area contributed by atoms with Crippen LogP contribution in [0.15, 0.2) is 41.2 Å². The lowest BCUT2D eigenvalue weighted by molar-refractivity contribution is 0.578. The van der Waals surface area contributed by atoms with Crippen molar-refractivity contribution >= 4 is 6.34 Å². The maximum atomic E-state index is 6.13. The van der Waals surface area contributed by atoms with Crippen LogP contribution >= 0.6 is 0 Å². The van der Waals surface area contributed by atoms with E-state index in [9.17, 15) is 0 Å². The van der Waals surface area contributed by atoms with Gasteiger partial charge >= 0.3 is 0 Å². The molecule has 1 aliphatic rings. The van der Waals surface area contributed by atoms with E-state index in [0.717, 1.165) is 5.56 Å². The van der Waals surface area contributed by atoms with Crippen LogP contribution in [-0.4, -0.2) is 6.34 Å². The zero-order chi connectivity index (χ0) is 10.9. The maximum Gasteiger partial charge on any atom is 0.158 e. The van der Waals surface area contributed by atoms with Crippen molar-refractivity contribution in [1.29, 1.82) is 0 Å². The summed E-state index contributed by atoms with van der Waals surface area (Å²) in [7, 11) is 0. The standard InChI is InChI=1S/C11H14N4/c1-8-2-4-9(5-3-8)11(13)6-10(12)14-7-15-11/h2-7H,12-13H2,1H3,(H,14,15). The van der Waals surface area contributed by atoms with Crippen molar-refractivity contribution in [3.05, 3.63) is 47.3 Å². The number of hydrogen-bond acceptors (Lipinski definition) is 4. The summed E-state index contributed by atoms with van der Waals surface area (Å²) >= 11 is 0. The van der Waals surface area contributed by atoms with Gasteiger partial charge in [0.25, 0.3) is 0 Å². The Bertz CT molecular complexity index is 419. The molecule has 0 saturated carbocycles. The third-order valence-corrected chi connectivity index (χ3v) is 2.40. The molecule has 0 spiro atoms. The lowest BCUT2D eigenvalue weighted by atomic mass is 9.99. The zero-order valence-electron chi connectivity index (χ0n) is 8.57. The van der Waals surface area contributed by atoms with Crippen molar-refractivity contribution in [3.63, 3.8) is 0 Å². The Morgan fingerprint density at radius 3 is 2.53 bits per heavy atom. The molecule has 1 aliphatic heterocycles. The van der Waals surface area contributed by atoms with E-state index in [1.165, 1.54) is 11.9 Å². The summed E-state index contributed by atoms with van der Waals surface area (Å²) in [6.07, 6.45) is 3.23. The van der Waals surface area contributed by atoms with Crippen molar-refractivity contribution in [3.8, 4) is 0 Å². The molecule has 1 atom stereocenters. The molecular weight excluding hydrogens is 188 g/mol. The number of aliphatic imine (C=N–C) groups is 1. The highest BCUT2D eigenvalue weighted by molar-refractivity contribution is 5.61. The Morgan fingerprint density at radius 1 is 1.27 bits per heavy atom. The first kappa shape index (κ1) is 9.73. The summed E-state index contributed by atoms with van der Waals surface area (Å²) in [6, 6.07) is 7.93. The number of benzene rings is 1. The lowest BCUT2D eigenvalue weighted by Crippen LogP contribution is -2.39. The summed E-state index contributed by atoms with van der Waals surface area (Å²) in [5.74, 6) is 0.521. The molecule has 0 bridgehead atoms. The van der Waals surface area contributed by atoms with Gasteiger partial charge in [-0.15, -0.1) is 0 Å². The number of aryl methyl sites for hydroxylation is 1. The van der Waals surface area contributed by atoms with Crippen LogP contribution in [0.4, 0.5) is 0 Å². The average molecular weight is 202 g/mol. The Hall–Kier alpha value is -1.81. The SMILES string of the molecule is Cc1ccc(C2(N)C=C(N)NC=N2)cc1. The second kappa shape index (κ2) is 3.40. The highest BCUT2D eigenvalue weighted by Crippen LogP contribution is 2.23. The Labute approximate surface area is 88.7 Å². The Balaban J connectivity index is 2.41. The second-order valence-electron chi connectivity index (χ2n) is 3.69. The minimum atomic E-state index is -0.844. The molecule has 0 fully saturated rings.